The second-order valence-corrected chi connectivity index (χ2v) is 5.83. The van der Waals surface area contributed by atoms with Crippen LogP contribution in [-0.2, 0) is 9.53 Å². The van der Waals surface area contributed by atoms with E-state index in [9.17, 15) is 4.79 Å². The Balaban J connectivity index is 1.82. The molecular weight excluding hydrogens is 176 g/mol. The fourth-order valence-corrected chi connectivity index (χ4v) is 3.93. The summed E-state index contributed by atoms with van der Waals surface area (Å²) in [6.45, 7) is 4.77. The summed E-state index contributed by atoms with van der Waals surface area (Å²) in [6, 6.07) is 0. The molecule has 0 N–H and O–H groups in total. The van der Waals surface area contributed by atoms with Crippen molar-refractivity contribution in [2.75, 3.05) is 0 Å². The molecule has 4 unspecified atom stereocenters. The van der Waals surface area contributed by atoms with Crippen LogP contribution in [0.1, 0.15) is 39.5 Å². The third-order valence-corrected chi connectivity index (χ3v) is 5.02. The van der Waals surface area contributed by atoms with E-state index in [0.717, 1.165) is 24.7 Å². The maximum Gasteiger partial charge on any atom is 0.306 e. The summed E-state index contributed by atoms with van der Waals surface area (Å²) >= 11 is 0. The van der Waals surface area contributed by atoms with Gasteiger partial charge in [0.25, 0.3) is 0 Å². The van der Waals surface area contributed by atoms with Crippen LogP contribution in [0, 0.1) is 23.2 Å². The fraction of sp³-hybridized carbons (Fsp3) is 0.917. The van der Waals surface area contributed by atoms with Gasteiger partial charge in [-0.2, -0.15) is 0 Å². The molecule has 4 fully saturated rings. The Kier molecular flexibility index (Phi) is 1.58. The molecule has 3 saturated carbocycles. The van der Waals surface area contributed by atoms with Crippen molar-refractivity contribution in [3.05, 3.63) is 0 Å². The predicted molar refractivity (Wildman–Crippen MR) is 52.6 cm³/mol. The average Bonchev–Trinajstić information content (AvgIpc) is 2.16. The van der Waals surface area contributed by atoms with Crippen molar-refractivity contribution in [1.29, 1.82) is 0 Å². The second-order valence-electron chi connectivity index (χ2n) is 5.83. The normalized spacial score (nSPS) is 48.9. The number of carbonyl (C=O) groups excluding carboxylic acids is 1. The minimum Gasteiger partial charge on any atom is -0.462 e. The molecule has 14 heavy (non-hydrogen) atoms. The maximum absolute atomic E-state index is 11.2. The van der Waals surface area contributed by atoms with Crippen LogP contribution in [0.2, 0.25) is 0 Å². The van der Waals surface area contributed by atoms with Crippen molar-refractivity contribution < 1.29 is 9.53 Å². The maximum atomic E-state index is 11.2. The Morgan fingerprint density at radius 1 is 1.36 bits per heavy atom. The van der Waals surface area contributed by atoms with E-state index in [-0.39, 0.29) is 12.1 Å². The lowest BCUT2D eigenvalue weighted by Crippen LogP contribution is -2.59. The number of hydrogen-bond acceptors (Lipinski definition) is 2. The molecule has 78 valence electrons. The molecule has 1 heterocycles. The summed E-state index contributed by atoms with van der Waals surface area (Å²) in [7, 11) is 0. The lowest BCUT2D eigenvalue weighted by atomic mass is 9.44. The molecule has 0 aromatic carbocycles. The molecule has 0 amide bonds. The van der Waals surface area contributed by atoms with E-state index in [0.29, 0.717) is 17.8 Å². The first-order chi connectivity index (χ1) is 6.59. The summed E-state index contributed by atoms with van der Waals surface area (Å²) in [4.78, 5) is 11.2. The SMILES string of the molecule is CC1(C)C2CC3OC(=O)CCC3C1C2. The summed E-state index contributed by atoms with van der Waals surface area (Å²) in [5.41, 5.74) is 0.519. The minimum absolute atomic E-state index is 0.0327. The van der Waals surface area contributed by atoms with Gasteiger partial charge >= 0.3 is 5.97 Å². The first kappa shape index (κ1) is 8.75. The second kappa shape index (κ2) is 2.53. The Morgan fingerprint density at radius 3 is 2.86 bits per heavy atom. The zero-order chi connectivity index (χ0) is 9.92. The highest BCUT2D eigenvalue weighted by Gasteiger charge is 2.59. The van der Waals surface area contributed by atoms with Gasteiger partial charge in [0, 0.05) is 6.42 Å². The molecule has 4 rings (SSSR count). The van der Waals surface area contributed by atoms with Gasteiger partial charge in [0.2, 0.25) is 0 Å². The van der Waals surface area contributed by atoms with Crippen LogP contribution in [-0.4, -0.2) is 12.1 Å². The van der Waals surface area contributed by atoms with Crippen LogP contribution in [0.4, 0.5) is 0 Å². The highest BCUT2D eigenvalue weighted by atomic mass is 16.5. The molecule has 0 aromatic heterocycles. The van der Waals surface area contributed by atoms with Crippen LogP contribution in [0.3, 0.4) is 0 Å². The van der Waals surface area contributed by atoms with Gasteiger partial charge in [-0.15, -0.1) is 0 Å². The van der Waals surface area contributed by atoms with Gasteiger partial charge in [-0.25, -0.2) is 0 Å². The summed E-state index contributed by atoms with van der Waals surface area (Å²) in [5.74, 6) is 2.33. The first-order valence-electron chi connectivity index (χ1n) is 5.78. The van der Waals surface area contributed by atoms with Gasteiger partial charge in [-0.3, -0.25) is 4.79 Å². The van der Waals surface area contributed by atoms with Gasteiger partial charge in [0.15, 0.2) is 0 Å². The molecule has 1 aliphatic heterocycles. The molecule has 1 saturated heterocycles. The molecule has 3 aliphatic carbocycles. The van der Waals surface area contributed by atoms with E-state index in [1.165, 1.54) is 6.42 Å². The summed E-state index contributed by atoms with van der Waals surface area (Å²) in [6.07, 6.45) is 4.50. The molecule has 0 radical (unpaired) electrons. The van der Waals surface area contributed by atoms with E-state index in [4.69, 9.17) is 4.74 Å². The lowest BCUT2D eigenvalue weighted by Gasteiger charge is -2.62. The minimum atomic E-state index is 0.0327. The molecule has 2 bridgehead atoms. The lowest BCUT2D eigenvalue weighted by molar-refractivity contribution is -0.202. The Morgan fingerprint density at radius 2 is 2.14 bits per heavy atom. The topological polar surface area (TPSA) is 26.3 Å². The average molecular weight is 194 g/mol. The van der Waals surface area contributed by atoms with Crippen LogP contribution >= 0.6 is 0 Å². The molecular formula is C12H18O2. The van der Waals surface area contributed by atoms with Crippen LogP contribution in [0.5, 0.6) is 0 Å². The molecule has 0 spiro atoms. The number of hydrogen-bond donors (Lipinski definition) is 0. The standard InChI is InChI=1S/C12H18O2/c1-12(2)7-5-9(12)8-3-4-11(13)14-10(8)6-7/h7-10H,3-6H2,1-2H3. The van der Waals surface area contributed by atoms with Crippen LogP contribution in [0.15, 0.2) is 0 Å². The van der Waals surface area contributed by atoms with E-state index in [1.807, 2.05) is 0 Å². The number of ether oxygens (including phenoxy) is 1. The van der Waals surface area contributed by atoms with Gasteiger partial charge in [-0.05, 0) is 42.4 Å². The third kappa shape index (κ3) is 0.945. The summed E-state index contributed by atoms with van der Waals surface area (Å²) < 4.78 is 5.45. The van der Waals surface area contributed by atoms with E-state index < -0.39 is 0 Å². The highest BCUT2D eigenvalue weighted by molar-refractivity contribution is 5.70. The Labute approximate surface area is 85.0 Å². The zero-order valence-electron chi connectivity index (χ0n) is 8.95. The third-order valence-electron chi connectivity index (χ3n) is 5.02. The number of rotatable bonds is 0. The van der Waals surface area contributed by atoms with E-state index in [1.54, 1.807) is 0 Å². The van der Waals surface area contributed by atoms with Crippen molar-refractivity contribution in [3.63, 3.8) is 0 Å². The van der Waals surface area contributed by atoms with Crippen LogP contribution in [0.25, 0.3) is 0 Å². The largest absolute Gasteiger partial charge is 0.462 e. The van der Waals surface area contributed by atoms with Gasteiger partial charge in [-0.1, -0.05) is 13.8 Å². The molecule has 2 nitrogen and oxygen atoms in total. The number of carbonyl (C=O) groups is 1. The Bertz CT molecular complexity index is 282. The van der Waals surface area contributed by atoms with E-state index in [2.05, 4.69) is 13.8 Å². The van der Waals surface area contributed by atoms with E-state index >= 15 is 0 Å². The van der Waals surface area contributed by atoms with Crippen molar-refractivity contribution in [2.24, 2.45) is 23.2 Å². The van der Waals surface area contributed by atoms with Crippen molar-refractivity contribution in [1.82, 2.24) is 0 Å². The highest BCUT2D eigenvalue weighted by Crippen LogP contribution is 2.63. The quantitative estimate of drug-likeness (QED) is 0.553. The molecule has 2 heteroatoms. The van der Waals surface area contributed by atoms with Crippen molar-refractivity contribution in [2.45, 2.75) is 45.6 Å². The molecule has 0 aromatic rings. The molecule has 4 aliphatic rings. The van der Waals surface area contributed by atoms with Gasteiger partial charge < -0.3 is 4.74 Å². The van der Waals surface area contributed by atoms with Crippen molar-refractivity contribution >= 4 is 5.97 Å². The summed E-state index contributed by atoms with van der Waals surface area (Å²) in [5, 5.41) is 0. The van der Waals surface area contributed by atoms with Crippen LogP contribution < -0.4 is 0 Å². The monoisotopic (exact) mass is 194 g/mol. The number of esters is 1. The zero-order valence-corrected chi connectivity index (χ0v) is 8.95. The van der Waals surface area contributed by atoms with Crippen molar-refractivity contribution in [3.8, 4) is 0 Å². The van der Waals surface area contributed by atoms with Gasteiger partial charge in [0.1, 0.15) is 6.10 Å². The fourth-order valence-electron chi connectivity index (χ4n) is 3.93. The first-order valence-corrected chi connectivity index (χ1v) is 5.78. The van der Waals surface area contributed by atoms with Gasteiger partial charge in [0.05, 0.1) is 0 Å². The predicted octanol–water partition coefficient (Wildman–Crippen LogP) is 2.37. The molecule has 4 atom stereocenters. The Hall–Kier alpha value is -0.530. The smallest absolute Gasteiger partial charge is 0.306 e.